The largest absolute Gasteiger partial charge is 0.363 e. The van der Waals surface area contributed by atoms with Gasteiger partial charge in [0.15, 0.2) is 0 Å². The van der Waals surface area contributed by atoms with Crippen LogP contribution in [0, 0.1) is 6.92 Å². The van der Waals surface area contributed by atoms with Crippen LogP contribution < -0.4 is 11.1 Å². The van der Waals surface area contributed by atoms with Crippen molar-refractivity contribution in [3.63, 3.8) is 0 Å². The molecule has 1 aliphatic heterocycles. The number of nitrogens with two attached hydrogens (primary N) is 1. The number of nitrogens with zero attached hydrogens (tertiary/aromatic N) is 1. The number of rotatable bonds is 4. The molecule has 0 spiro atoms. The van der Waals surface area contributed by atoms with Gasteiger partial charge in [0.25, 0.3) is 5.91 Å². The number of amides is 2. The highest BCUT2D eigenvalue weighted by atomic mass is 16.2. The van der Waals surface area contributed by atoms with Crippen LogP contribution in [-0.4, -0.2) is 40.8 Å². The second kappa shape index (κ2) is 6.88. The van der Waals surface area contributed by atoms with E-state index in [4.69, 9.17) is 5.73 Å². The number of benzene rings is 1. The van der Waals surface area contributed by atoms with E-state index >= 15 is 0 Å². The van der Waals surface area contributed by atoms with Gasteiger partial charge in [0.1, 0.15) is 0 Å². The third-order valence-electron chi connectivity index (χ3n) is 4.38. The first-order valence-electron chi connectivity index (χ1n) is 8.09. The predicted molar refractivity (Wildman–Crippen MR) is 91.4 cm³/mol. The Labute approximate surface area is 141 Å². The van der Waals surface area contributed by atoms with Gasteiger partial charge in [0.2, 0.25) is 5.91 Å². The van der Waals surface area contributed by atoms with Crippen LogP contribution in [0.2, 0.25) is 0 Å². The molecule has 1 saturated heterocycles. The van der Waals surface area contributed by atoms with Crippen LogP contribution in [0.3, 0.4) is 0 Å². The van der Waals surface area contributed by atoms with Gasteiger partial charge in [-0.2, -0.15) is 0 Å². The monoisotopic (exact) mass is 326 g/mol. The molecule has 4 N–H and O–H groups in total. The minimum atomic E-state index is -0.121. The average molecular weight is 326 g/mol. The van der Waals surface area contributed by atoms with Gasteiger partial charge in [0.05, 0.1) is 12.6 Å². The van der Waals surface area contributed by atoms with E-state index in [1.165, 1.54) is 0 Å². The van der Waals surface area contributed by atoms with Gasteiger partial charge in [-0.05, 0) is 37.1 Å². The summed E-state index contributed by atoms with van der Waals surface area (Å²) in [5.41, 5.74) is 8.26. The maximum Gasteiger partial charge on any atom is 0.251 e. The number of aromatic amines is 1. The van der Waals surface area contributed by atoms with Crippen molar-refractivity contribution in [3.05, 3.63) is 59.4 Å². The van der Waals surface area contributed by atoms with Crippen LogP contribution in [0.1, 0.15) is 34.1 Å². The molecule has 3 rings (SSSR count). The highest BCUT2D eigenvalue weighted by molar-refractivity contribution is 5.94. The van der Waals surface area contributed by atoms with E-state index in [1.807, 2.05) is 37.4 Å². The van der Waals surface area contributed by atoms with Crippen molar-refractivity contribution in [1.29, 1.82) is 0 Å². The van der Waals surface area contributed by atoms with Crippen LogP contribution >= 0.6 is 0 Å². The van der Waals surface area contributed by atoms with Gasteiger partial charge >= 0.3 is 0 Å². The molecule has 2 heterocycles. The van der Waals surface area contributed by atoms with E-state index in [-0.39, 0.29) is 30.4 Å². The molecule has 0 aliphatic carbocycles. The van der Waals surface area contributed by atoms with Crippen molar-refractivity contribution < 1.29 is 9.59 Å². The smallest absolute Gasteiger partial charge is 0.251 e. The summed E-state index contributed by atoms with van der Waals surface area (Å²) >= 11 is 0. The summed E-state index contributed by atoms with van der Waals surface area (Å²) < 4.78 is 0. The van der Waals surface area contributed by atoms with Gasteiger partial charge < -0.3 is 20.9 Å². The highest BCUT2D eigenvalue weighted by Crippen LogP contribution is 2.31. The van der Waals surface area contributed by atoms with Crippen molar-refractivity contribution in [2.24, 2.45) is 5.73 Å². The van der Waals surface area contributed by atoms with E-state index in [9.17, 15) is 9.59 Å². The molecule has 1 fully saturated rings. The molecule has 2 amide bonds. The quantitative estimate of drug-likeness (QED) is 0.792. The van der Waals surface area contributed by atoms with Crippen molar-refractivity contribution in [3.8, 4) is 0 Å². The Morgan fingerprint density at radius 1 is 1.33 bits per heavy atom. The summed E-state index contributed by atoms with van der Waals surface area (Å²) in [5, 5.41) is 3.02. The summed E-state index contributed by atoms with van der Waals surface area (Å²) in [4.78, 5) is 29.5. The molecule has 0 bridgehead atoms. The van der Waals surface area contributed by atoms with Gasteiger partial charge in [-0.3, -0.25) is 9.59 Å². The fourth-order valence-corrected chi connectivity index (χ4v) is 3.20. The number of aryl methyl sites for hydroxylation is 1. The maximum atomic E-state index is 12.3. The van der Waals surface area contributed by atoms with Crippen LogP contribution in [0.15, 0.2) is 42.6 Å². The molecule has 2 atom stereocenters. The van der Waals surface area contributed by atoms with Crippen LogP contribution in [0.25, 0.3) is 0 Å². The number of hydrogen-bond acceptors (Lipinski definition) is 3. The molecule has 126 valence electrons. The van der Waals surface area contributed by atoms with Gasteiger partial charge in [-0.25, -0.2) is 0 Å². The Kier molecular flexibility index (Phi) is 4.66. The second-order valence-corrected chi connectivity index (χ2v) is 6.17. The van der Waals surface area contributed by atoms with Crippen molar-refractivity contribution in [2.75, 3.05) is 13.1 Å². The van der Waals surface area contributed by atoms with Crippen LogP contribution in [-0.2, 0) is 4.79 Å². The average Bonchev–Trinajstić information content (AvgIpc) is 3.21. The van der Waals surface area contributed by atoms with Crippen LogP contribution in [0.5, 0.6) is 0 Å². The zero-order valence-corrected chi connectivity index (χ0v) is 13.7. The Morgan fingerprint density at radius 3 is 2.71 bits per heavy atom. The molecule has 2 unspecified atom stereocenters. The van der Waals surface area contributed by atoms with E-state index in [0.29, 0.717) is 18.5 Å². The summed E-state index contributed by atoms with van der Waals surface area (Å²) in [7, 11) is 0. The molecule has 1 aromatic heterocycles. The molecule has 0 saturated carbocycles. The minimum Gasteiger partial charge on any atom is -0.363 e. The number of carbonyl (C=O) groups is 2. The van der Waals surface area contributed by atoms with Gasteiger partial charge in [-0.15, -0.1) is 0 Å². The third-order valence-corrected chi connectivity index (χ3v) is 4.38. The summed E-state index contributed by atoms with van der Waals surface area (Å²) in [6.07, 6.45) is 2.58. The molecule has 1 aromatic carbocycles. The molecule has 6 heteroatoms. The third kappa shape index (κ3) is 3.33. The molecule has 1 aliphatic rings. The van der Waals surface area contributed by atoms with E-state index in [1.54, 1.807) is 17.0 Å². The predicted octanol–water partition coefficient (Wildman–Crippen LogP) is 1.35. The molecular formula is C18H22N4O2. The summed E-state index contributed by atoms with van der Waals surface area (Å²) in [5.74, 6) is -0.229. The summed E-state index contributed by atoms with van der Waals surface area (Å²) in [6.45, 7) is 2.44. The fourth-order valence-electron chi connectivity index (χ4n) is 3.20. The topological polar surface area (TPSA) is 91.2 Å². The lowest BCUT2D eigenvalue weighted by atomic mass is 10.1. The SMILES string of the molecule is Cc1c[nH]c(C2CC(NC(=O)c3ccccc3)CN2C(=O)CN)c1. The number of aromatic nitrogens is 1. The molecule has 2 aromatic rings. The van der Waals surface area contributed by atoms with E-state index < -0.39 is 0 Å². The number of carbonyl (C=O) groups excluding carboxylic acids is 2. The zero-order valence-electron chi connectivity index (χ0n) is 13.7. The Bertz CT molecular complexity index is 726. The van der Waals surface area contributed by atoms with Gasteiger partial charge in [-0.1, -0.05) is 18.2 Å². The van der Waals surface area contributed by atoms with Crippen LogP contribution in [0.4, 0.5) is 0 Å². The standard InChI is InChI=1S/C18H22N4O2/c1-12-7-15(20-10-12)16-8-14(11-22(16)17(23)9-19)21-18(24)13-5-3-2-4-6-13/h2-7,10,14,16,20H,8-9,11,19H2,1H3,(H,21,24). The number of likely N-dealkylation sites (tertiary alicyclic amines) is 1. The number of hydrogen-bond donors (Lipinski definition) is 3. The normalized spacial score (nSPS) is 20.2. The highest BCUT2D eigenvalue weighted by Gasteiger charge is 2.37. The number of H-pyrrole nitrogens is 1. The first kappa shape index (κ1) is 16.3. The lowest BCUT2D eigenvalue weighted by Gasteiger charge is -2.23. The Morgan fingerprint density at radius 2 is 2.08 bits per heavy atom. The molecule has 24 heavy (non-hydrogen) atoms. The van der Waals surface area contributed by atoms with E-state index in [2.05, 4.69) is 10.3 Å². The first-order chi connectivity index (χ1) is 11.6. The van der Waals surface area contributed by atoms with Crippen molar-refractivity contribution >= 4 is 11.8 Å². The minimum absolute atomic E-state index is 0.0322. The Hall–Kier alpha value is -2.60. The molecular weight excluding hydrogens is 304 g/mol. The second-order valence-electron chi connectivity index (χ2n) is 6.17. The zero-order chi connectivity index (χ0) is 17.1. The van der Waals surface area contributed by atoms with Crippen molar-refractivity contribution in [2.45, 2.75) is 25.4 Å². The molecule has 6 nitrogen and oxygen atoms in total. The van der Waals surface area contributed by atoms with E-state index in [0.717, 1.165) is 11.3 Å². The number of nitrogens with one attached hydrogen (secondary N) is 2. The lowest BCUT2D eigenvalue weighted by molar-refractivity contribution is -0.130. The van der Waals surface area contributed by atoms with Gasteiger partial charge in [0, 0.05) is 30.0 Å². The first-order valence-corrected chi connectivity index (χ1v) is 8.09. The lowest BCUT2D eigenvalue weighted by Crippen LogP contribution is -2.40. The maximum absolute atomic E-state index is 12.3. The summed E-state index contributed by atoms with van der Waals surface area (Å²) in [6, 6.07) is 10.9. The Balaban J connectivity index is 1.74. The fraction of sp³-hybridized carbons (Fsp3) is 0.333. The van der Waals surface area contributed by atoms with Crippen molar-refractivity contribution in [1.82, 2.24) is 15.2 Å². The molecule has 0 radical (unpaired) electrons.